The maximum atomic E-state index is 11.9. The maximum absolute atomic E-state index is 11.9. The minimum Gasteiger partial charge on any atom is -0.282 e. The molecule has 0 atom stereocenters. The Hall–Kier alpha value is -1.85. The van der Waals surface area contributed by atoms with Crippen LogP contribution < -0.4 is 5.43 Å². The molecule has 110 valence electrons. The van der Waals surface area contributed by atoms with E-state index in [1.807, 2.05) is 13.8 Å². The second-order valence-electron chi connectivity index (χ2n) is 4.70. The first kappa shape index (κ1) is 15.5. The van der Waals surface area contributed by atoms with Crippen LogP contribution >= 0.6 is 23.2 Å². The summed E-state index contributed by atoms with van der Waals surface area (Å²) in [6.45, 7) is 4.01. The van der Waals surface area contributed by atoms with Crippen LogP contribution in [-0.2, 0) is 0 Å². The minimum atomic E-state index is -0.405. The Morgan fingerprint density at radius 3 is 2.62 bits per heavy atom. The minimum absolute atomic E-state index is 0.268. The molecule has 7 heteroatoms. The van der Waals surface area contributed by atoms with Crippen LogP contribution in [0, 0.1) is 0 Å². The number of benzene rings is 1. The van der Waals surface area contributed by atoms with E-state index in [1.54, 1.807) is 24.3 Å². The van der Waals surface area contributed by atoms with Gasteiger partial charge in [0.1, 0.15) is 0 Å². The van der Waals surface area contributed by atoms with Gasteiger partial charge in [-0.05, 0) is 24.1 Å². The fraction of sp³-hybridized carbons (Fsp3) is 0.214. The van der Waals surface area contributed by atoms with Gasteiger partial charge in [-0.1, -0.05) is 43.1 Å². The van der Waals surface area contributed by atoms with Crippen LogP contribution in [0.3, 0.4) is 0 Å². The summed E-state index contributed by atoms with van der Waals surface area (Å²) in [6.07, 6.45) is 1.40. The van der Waals surface area contributed by atoms with E-state index >= 15 is 0 Å². The second-order valence-corrected chi connectivity index (χ2v) is 5.51. The quantitative estimate of drug-likeness (QED) is 0.666. The highest BCUT2D eigenvalue weighted by Gasteiger charge is 2.11. The van der Waals surface area contributed by atoms with Gasteiger partial charge in [0.25, 0.3) is 5.91 Å². The van der Waals surface area contributed by atoms with E-state index in [9.17, 15) is 4.79 Å². The number of nitrogens with zero attached hydrogens (tertiary/aromatic N) is 2. The zero-order valence-corrected chi connectivity index (χ0v) is 13.0. The Balaban J connectivity index is 2.05. The first-order valence-electron chi connectivity index (χ1n) is 6.31. The molecule has 21 heavy (non-hydrogen) atoms. The van der Waals surface area contributed by atoms with Crippen LogP contribution in [-0.4, -0.2) is 22.3 Å². The van der Waals surface area contributed by atoms with E-state index in [2.05, 4.69) is 20.7 Å². The van der Waals surface area contributed by atoms with Crippen LogP contribution in [0.15, 0.2) is 29.4 Å². The molecule has 0 saturated heterocycles. The van der Waals surface area contributed by atoms with Crippen LogP contribution in [0.2, 0.25) is 10.0 Å². The predicted molar refractivity (Wildman–Crippen MR) is 84.2 cm³/mol. The topological polar surface area (TPSA) is 70.1 Å². The van der Waals surface area contributed by atoms with Gasteiger partial charge in [0.2, 0.25) is 0 Å². The summed E-state index contributed by atoms with van der Waals surface area (Å²) < 4.78 is 0. The summed E-state index contributed by atoms with van der Waals surface area (Å²) in [6, 6.07) is 6.81. The molecule has 0 fully saturated rings. The number of carbonyl (C=O) groups excluding carboxylic acids is 1. The Morgan fingerprint density at radius 1 is 1.38 bits per heavy atom. The van der Waals surface area contributed by atoms with Gasteiger partial charge in [-0.2, -0.15) is 10.2 Å². The normalized spacial score (nSPS) is 11.3. The lowest BCUT2D eigenvalue weighted by Crippen LogP contribution is -2.18. The molecule has 1 aromatic carbocycles. The van der Waals surface area contributed by atoms with Gasteiger partial charge in [0.05, 0.1) is 16.3 Å². The summed E-state index contributed by atoms with van der Waals surface area (Å²) in [4.78, 5) is 11.9. The molecule has 5 nitrogen and oxygen atoms in total. The van der Waals surface area contributed by atoms with Crippen molar-refractivity contribution >= 4 is 35.3 Å². The standard InChI is InChI=1S/C14H14Cl2N4O/c1-8(2)12-6-13(19-18-12)14(21)20-17-7-9-10(15)4-3-5-11(9)16/h3-8H,1-2H3,(H,18,19)(H,20,21). The lowest BCUT2D eigenvalue weighted by atomic mass is 10.1. The Kier molecular flexibility index (Phi) is 4.98. The number of amides is 1. The van der Waals surface area contributed by atoms with Crippen molar-refractivity contribution in [2.45, 2.75) is 19.8 Å². The fourth-order valence-corrected chi connectivity index (χ4v) is 2.09. The number of aromatic amines is 1. The zero-order valence-electron chi connectivity index (χ0n) is 11.5. The Morgan fingerprint density at radius 2 is 2.05 bits per heavy atom. The average Bonchev–Trinajstić information content (AvgIpc) is 2.92. The number of carbonyl (C=O) groups is 1. The molecule has 0 unspecified atom stereocenters. The first-order valence-corrected chi connectivity index (χ1v) is 7.07. The molecule has 0 bridgehead atoms. The highest BCUT2D eigenvalue weighted by Crippen LogP contribution is 2.22. The third-order valence-electron chi connectivity index (χ3n) is 2.81. The molecule has 2 rings (SSSR count). The van der Waals surface area contributed by atoms with Crippen molar-refractivity contribution in [3.63, 3.8) is 0 Å². The number of hydrazone groups is 1. The Labute approximate surface area is 132 Å². The molecule has 1 heterocycles. The monoisotopic (exact) mass is 324 g/mol. The van der Waals surface area contributed by atoms with Gasteiger partial charge in [0.15, 0.2) is 5.69 Å². The highest BCUT2D eigenvalue weighted by molar-refractivity contribution is 6.38. The number of hydrogen-bond acceptors (Lipinski definition) is 3. The van der Waals surface area contributed by atoms with Gasteiger partial charge in [0, 0.05) is 11.3 Å². The van der Waals surface area contributed by atoms with Crippen molar-refractivity contribution in [3.8, 4) is 0 Å². The lowest BCUT2D eigenvalue weighted by Gasteiger charge is -2.00. The van der Waals surface area contributed by atoms with Gasteiger partial charge < -0.3 is 0 Å². The molecule has 0 aliphatic rings. The van der Waals surface area contributed by atoms with Gasteiger partial charge in [-0.3, -0.25) is 9.89 Å². The van der Waals surface area contributed by atoms with E-state index in [1.165, 1.54) is 6.21 Å². The van der Waals surface area contributed by atoms with Crippen LogP contribution in [0.25, 0.3) is 0 Å². The number of hydrogen-bond donors (Lipinski definition) is 2. The molecular weight excluding hydrogens is 311 g/mol. The summed E-state index contributed by atoms with van der Waals surface area (Å²) in [5, 5.41) is 11.5. The third kappa shape index (κ3) is 3.83. The van der Waals surface area contributed by atoms with Gasteiger partial charge >= 0.3 is 0 Å². The van der Waals surface area contributed by atoms with Crippen molar-refractivity contribution in [1.82, 2.24) is 15.6 Å². The average molecular weight is 325 g/mol. The maximum Gasteiger partial charge on any atom is 0.291 e. The number of aromatic nitrogens is 2. The number of nitrogens with one attached hydrogen (secondary N) is 2. The molecule has 1 aromatic heterocycles. The molecule has 0 radical (unpaired) electrons. The van der Waals surface area contributed by atoms with Crippen LogP contribution in [0.5, 0.6) is 0 Å². The third-order valence-corrected chi connectivity index (χ3v) is 3.47. The van der Waals surface area contributed by atoms with Gasteiger partial charge in [-0.15, -0.1) is 0 Å². The largest absolute Gasteiger partial charge is 0.291 e. The molecule has 0 aliphatic heterocycles. The number of rotatable bonds is 4. The molecule has 2 N–H and O–H groups in total. The molecular formula is C14H14Cl2N4O. The predicted octanol–water partition coefficient (Wildman–Crippen LogP) is 3.60. The van der Waals surface area contributed by atoms with E-state index in [4.69, 9.17) is 23.2 Å². The van der Waals surface area contributed by atoms with Gasteiger partial charge in [-0.25, -0.2) is 5.43 Å². The van der Waals surface area contributed by atoms with E-state index in [0.29, 0.717) is 15.6 Å². The van der Waals surface area contributed by atoms with Crippen molar-refractivity contribution in [1.29, 1.82) is 0 Å². The number of halogens is 2. The van der Waals surface area contributed by atoms with Crippen molar-refractivity contribution in [3.05, 3.63) is 51.3 Å². The SMILES string of the molecule is CC(C)c1cc(C(=O)NN=Cc2c(Cl)cccc2Cl)n[nH]1. The molecule has 0 spiro atoms. The van der Waals surface area contributed by atoms with E-state index < -0.39 is 5.91 Å². The summed E-state index contributed by atoms with van der Waals surface area (Å²) >= 11 is 12.0. The van der Waals surface area contributed by atoms with Crippen molar-refractivity contribution in [2.75, 3.05) is 0 Å². The van der Waals surface area contributed by atoms with Crippen molar-refractivity contribution < 1.29 is 4.79 Å². The number of H-pyrrole nitrogens is 1. The zero-order chi connectivity index (χ0) is 15.4. The smallest absolute Gasteiger partial charge is 0.282 e. The van der Waals surface area contributed by atoms with E-state index in [-0.39, 0.29) is 11.6 Å². The molecule has 0 saturated carbocycles. The molecule has 2 aromatic rings. The summed E-state index contributed by atoms with van der Waals surface area (Å²) in [7, 11) is 0. The summed E-state index contributed by atoms with van der Waals surface area (Å²) in [5.41, 5.74) is 4.10. The van der Waals surface area contributed by atoms with Crippen molar-refractivity contribution in [2.24, 2.45) is 5.10 Å². The fourth-order valence-electron chi connectivity index (χ4n) is 1.60. The van der Waals surface area contributed by atoms with Crippen LogP contribution in [0.1, 0.15) is 41.5 Å². The first-order chi connectivity index (χ1) is 9.99. The second kappa shape index (κ2) is 6.74. The Bertz CT molecular complexity index is 659. The van der Waals surface area contributed by atoms with E-state index in [0.717, 1.165) is 5.69 Å². The highest BCUT2D eigenvalue weighted by atomic mass is 35.5. The van der Waals surface area contributed by atoms with Crippen LogP contribution in [0.4, 0.5) is 0 Å². The molecule has 0 aliphatic carbocycles. The lowest BCUT2D eigenvalue weighted by molar-refractivity contribution is 0.0950. The summed E-state index contributed by atoms with van der Waals surface area (Å²) in [5.74, 6) is -0.137. The molecule has 1 amide bonds.